The molecule has 0 aliphatic carbocycles. The molecule has 0 radical (unpaired) electrons. The summed E-state index contributed by atoms with van der Waals surface area (Å²) in [5.74, 6) is 0. The van der Waals surface area contributed by atoms with Crippen molar-refractivity contribution in [3.8, 4) is 0 Å². The van der Waals surface area contributed by atoms with E-state index in [0.29, 0.717) is 0 Å². The van der Waals surface area contributed by atoms with Crippen LogP contribution < -0.4 is 0 Å². The van der Waals surface area contributed by atoms with Gasteiger partial charge in [0.05, 0.1) is 0 Å². The van der Waals surface area contributed by atoms with Crippen molar-refractivity contribution in [3.05, 3.63) is 0 Å². The van der Waals surface area contributed by atoms with Crippen LogP contribution in [0.2, 0.25) is 56.9 Å². The van der Waals surface area contributed by atoms with E-state index in [1.54, 1.807) is 0 Å². The zero-order chi connectivity index (χ0) is 19.7. The van der Waals surface area contributed by atoms with Crippen LogP contribution in [-0.2, 0) is 8.85 Å². The summed E-state index contributed by atoms with van der Waals surface area (Å²) in [6, 6.07) is 4.13. The molecule has 0 spiro atoms. The fourth-order valence-corrected chi connectivity index (χ4v) is 8.86. The Hall–Kier alpha value is -0.119. The summed E-state index contributed by atoms with van der Waals surface area (Å²) >= 11 is 0. The molecule has 0 fully saturated rings. The predicted molar refractivity (Wildman–Crippen MR) is 117 cm³/mol. The molecule has 0 aliphatic heterocycles. The zero-order valence-electron chi connectivity index (χ0n) is 18.3. The van der Waals surface area contributed by atoms with Crippen molar-refractivity contribution in [3.63, 3.8) is 0 Å². The number of nitrogens with zero attached hydrogens (tertiary/aromatic N) is 1. The summed E-state index contributed by atoms with van der Waals surface area (Å²) in [7, 11) is -5.26. The Morgan fingerprint density at radius 1 is 0.920 bits per heavy atom. The van der Waals surface area contributed by atoms with Gasteiger partial charge in [0.1, 0.15) is 0 Å². The second-order valence-electron chi connectivity index (χ2n) is 8.65. The van der Waals surface area contributed by atoms with Crippen LogP contribution in [0.4, 0.5) is 4.79 Å². The minimum atomic E-state index is -1.90. The molecule has 0 aromatic heterocycles. The summed E-state index contributed by atoms with van der Waals surface area (Å²) < 4.78 is 14.3. The van der Waals surface area contributed by atoms with Crippen LogP contribution in [0.3, 0.4) is 0 Å². The van der Waals surface area contributed by atoms with E-state index < -0.39 is 24.9 Å². The van der Waals surface area contributed by atoms with Gasteiger partial charge < -0.3 is 13.4 Å². The Morgan fingerprint density at radius 3 is 1.84 bits per heavy atom. The first-order valence-corrected chi connectivity index (χ1v) is 19.2. The van der Waals surface area contributed by atoms with Crippen LogP contribution in [-0.4, -0.2) is 48.7 Å². The van der Waals surface area contributed by atoms with Crippen molar-refractivity contribution in [2.24, 2.45) is 0 Å². The predicted octanol–water partition coefficient (Wildman–Crippen LogP) is 6.29. The summed E-state index contributed by atoms with van der Waals surface area (Å²) in [4.78, 5) is 13.0. The second-order valence-corrected chi connectivity index (χ2v) is 22.5. The topological polar surface area (TPSA) is 38.8 Å². The van der Waals surface area contributed by atoms with Gasteiger partial charge in [0, 0.05) is 13.2 Å². The first-order valence-electron chi connectivity index (χ1n) is 10.1. The lowest BCUT2D eigenvalue weighted by Gasteiger charge is -2.38. The molecule has 25 heavy (non-hydrogen) atoms. The molecule has 0 saturated carbocycles. The van der Waals surface area contributed by atoms with Crippen LogP contribution >= 0.6 is 0 Å². The van der Waals surface area contributed by atoms with E-state index >= 15 is 0 Å². The molecular weight excluding hydrogens is 362 g/mol. The highest BCUT2D eigenvalue weighted by molar-refractivity contribution is 6.77. The van der Waals surface area contributed by atoms with E-state index in [9.17, 15) is 4.79 Å². The number of rotatable bonds is 12. The maximum absolute atomic E-state index is 13.0. The standard InChI is InChI=1S/C18H43NO3Si3/c1-10-16-21-24(8,9)17-14-15-19(23(5,6)7)18(20)22-25(11-2,12-3)13-4/h10-17H2,1-9H3. The molecule has 0 aliphatic rings. The number of carbonyl (C=O) groups is 1. The van der Waals surface area contributed by atoms with Crippen LogP contribution in [0.25, 0.3) is 0 Å². The van der Waals surface area contributed by atoms with Crippen LogP contribution in [0.5, 0.6) is 0 Å². The van der Waals surface area contributed by atoms with E-state index in [0.717, 1.165) is 50.2 Å². The van der Waals surface area contributed by atoms with Gasteiger partial charge in [0.25, 0.3) is 8.32 Å². The minimum Gasteiger partial charge on any atom is -0.504 e. The lowest BCUT2D eigenvalue weighted by molar-refractivity contribution is 0.173. The largest absolute Gasteiger partial charge is 0.504 e. The maximum Gasteiger partial charge on any atom is 0.388 e. The Labute approximate surface area is 160 Å². The van der Waals surface area contributed by atoms with E-state index in [1.165, 1.54) is 0 Å². The monoisotopic (exact) mass is 405 g/mol. The number of amides is 1. The molecule has 0 unspecified atom stereocenters. The molecule has 0 rings (SSSR count). The highest BCUT2D eigenvalue weighted by Gasteiger charge is 2.37. The third-order valence-corrected chi connectivity index (χ3v) is 14.2. The van der Waals surface area contributed by atoms with Crippen molar-refractivity contribution in [1.29, 1.82) is 0 Å². The zero-order valence-corrected chi connectivity index (χ0v) is 21.3. The highest BCUT2D eigenvalue weighted by atomic mass is 28.4. The Kier molecular flexibility index (Phi) is 10.8. The lowest BCUT2D eigenvalue weighted by Crippen LogP contribution is -2.54. The van der Waals surface area contributed by atoms with Gasteiger partial charge in [-0.1, -0.05) is 47.3 Å². The average Bonchev–Trinajstić information content (AvgIpc) is 2.53. The van der Waals surface area contributed by atoms with Gasteiger partial charge in [0.15, 0.2) is 16.6 Å². The molecule has 0 aromatic carbocycles. The second kappa shape index (κ2) is 10.9. The fraction of sp³-hybridized carbons (Fsp3) is 0.944. The first-order chi connectivity index (χ1) is 11.5. The first kappa shape index (κ1) is 24.9. The maximum atomic E-state index is 13.0. The van der Waals surface area contributed by atoms with Crippen LogP contribution in [0.15, 0.2) is 0 Å². The van der Waals surface area contributed by atoms with Crippen LogP contribution in [0, 0.1) is 0 Å². The smallest absolute Gasteiger partial charge is 0.388 e. The highest BCUT2D eigenvalue weighted by Crippen LogP contribution is 2.25. The van der Waals surface area contributed by atoms with Gasteiger partial charge in [-0.05, 0) is 50.1 Å². The number of carbonyl (C=O) groups excluding carboxylic acids is 1. The number of hydrogen-bond donors (Lipinski definition) is 0. The summed E-state index contributed by atoms with van der Waals surface area (Å²) in [5.41, 5.74) is 0. The summed E-state index contributed by atoms with van der Waals surface area (Å²) in [5, 5.41) is 0. The van der Waals surface area contributed by atoms with E-state index in [1.807, 2.05) is 0 Å². The van der Waals surface area contributed by atoms with E-state index in [4.69, 9.17) is 8.85 Å². The normalized spacial score (nSPS) is 13.0. The Bertz CT molecular complexity index is 385. The SMILES string of the molecule is CCCO[Si](C)(C)CCCN(C(=O)O[Si](CC)(CC)CC)[Si](C)(C)C. The van der Waals surface area contributed by atoms with Gasteiger partial charge in [-0.15, -0.1) is 0 Å². The van der Waals surface area contributed by atoms with Gasteiger partial charge in [-0.25, -0.2) is 4.79 Å². The van der Waals surface area contributed by atoms with Gasteiger partial charge in [-0.3, -0.25) is 0 Å². The lowest BCUT2D eigenvalue weighted by atomic mass is 10.5. The molecule has 0 N–H and O–H groups in total. The van der Waals surface area contributed by atoms with Crippen molar-refractivity contribution in [2.75, 3.05) is 13.2 Å². The number of hydrogen-bond acceptors (Lipinski definition) is 3. The third kappa shape index (κ3) is 8.88. The molecule has 0 atom stereocenters. The van der Waals surface area contributed by atoms with Gasteiger partial charge >= 0.3 is 6.09 Å². The van der Waals surface area contributed by atoms with E-state index in [2.05, 4.69) is 65.0 Å². The molecule has 150 valence electrons. The molecule has 0 bridgehead atoms. The molecular formula is C18H43NO3Si3. The Morgan fingerprint density at radius 2 is 1.44 bits per heavy atom. The van der Waals surface area contributed by atoms with Crippen molar-refractivity contribution >= 4 is 31.0 Å². The Balaban J connectivity index is 4.90. The molecule has 4 nitrogen and oxygen atoms in total. The van der Waals surface area contributed by atoms with Gasteiger partial charge in [-0.2, -0.15) is 0 Å². The van der Waals surface area contributed by atoms with Gasteiger partial charge in [0.2, 0.25) is 0 Å². The molecule has 1 amide bonds. The molecule has 0 aromatic rings. The quantitative estimate of drug-likeness (QED) is 0.358. The molecule has 0 saturated heterocycles. The molecule has 7 heteroatoms. The summed E-state index contributed by atoms with van der Waals surface area (Å²) in [6.45, 7) is 21.6. The minimum absolute atomic E-state index is 0.0506. The third-order valence-electron chi connectivity index (χ3n) is 5.12. The van der Waals surface area contributed by atoms with Crippen LogP contribution in [0.1, 0.15) is 40.5 Å². The van der Waals surface area contributed by atoms with E-state index in [-0.39, 0.29) is 6.09 Å². The summed E-state index contributed by atoms with van der Waals surface area (Å²) in [6.07, 6.45) is 2.04. The fourth-order valence-electron chi connectivity index (χ4n) is 3.02. The van der Waals surface area contributed by atoms with Crippen molar-refractivity contribution < 1.29 is 13.6 Å². The van der Waals surface area contributed by atoms with Crippen molar-refractivity contribution in [1.82, 2.24) is 4.57 Å². The van der Waals surface area contributed by atoms with Crippen molar-refractivity contribution in [2.45, 2.75) is 97.4 Å². The molecule has 0 heterocycles. The average molecular weight is 406 g/mol.